The van der Waals surface area contributed by atoms with Crippen LogP contribution in [0, 0.1) is 11.6 Å². The Morgan fingerprint density at radius 3 is 2.22 bits per heavy atom. The molecule has 0 aliphatic heterocycles. The number of aryl methyl sites for hydroxylation is 1. The fourth-order valence-electron chi connectivity index (χ4n) is 5.51. The molecule has 2 N–H and O–H groups in total. The monoisotopic (exact) mass is 624 g/mol. The van der Waals surface area contributed by atoms with E-state index in [0.29, 0.717) is 10.9 Å². The molecule has 5 rings (SSSR count). The number of aliphatic hydroxyl groups excluding tert-OH is 1. The van der Waals surface area contributed by atoms with Crippen LogP contribution < -0.4 is 10.9 Å². The second-order valence-electron chi connectivity index (χ2n) is 10.3. The van der Waals surface area contributed by atoms with Crippen LogP contribution in [-0.2, 0) is 35.8 Å². The second-order valence-corrected chi connectivity index (χ2v) is 10.3. The summed E-state index contributed by atoms with van der Waals surface area (Å²) >= 11 is 0. The highest BCUT2D eigenvalue weighted by Crippen LogP contribution is 2.42. The molecule has 5 aromatic rings. The number of nitrogens with one attached hydrogen (secondary N) is 1. The molecule has 1 heterocycles. The first-order valence-corrected chi connectivity index (χ1v) is 13.5. The van der Waals surface area contributed by atoms with Crippen molar-refractivity contribution in [2.75, 3.05) is 7.11 Å². The van der Waals surface area contributed by atoms with Gasteiger partial charge in [-0.2, -0.15) is 13.2 Å². The first-order valence-electron chi connectivity index (χ1n) is 13.5. The van der Waals surface area contributed by atoms with E-state index in [2.05, 4.69) is 5.32 Å². The number of fused-ring (bicyclic) bond motifs is 2. The van der Waals surface area contributed by atoms with Crippen molar-refractivity contribution in [3.05, 3.63) is 117 Å². The maximum Gasteiger partial charge on any atom is 0.417 e. The van der Waals surface area contributed by atoms with Crippen LogP contribution in [0.2, 0.25) is 0 Å². The van der Waals surface area contributed by atoms with Crippen molar-refractivity contribution in [1.29, 1.82) is 0 Å². The Hall–Kier alpha value is -5.10. The van der Waals surface area contributed by atoms with E-state index in [1.807, 2.05) is 0 Å². The summed E-state index contributed by atoms with van der Waals surface area (Å²) in [4.78, 5) is 39.1. The number of alkyl halides is 3. The van der Waals surface area contributed by atoms with Gasteiger partial charge in [-0.05, 0) is 51.7 Å². The van der Waals surface area contributed by atoms with Crippen LogP contribution in [0.1, 0.15) is 27.0 Å². The number of ether oxygens (including phenoxy) is 1. The summed E-state index contributed by atoms with van der Waals surface area (Å²) in [6.45, 7) is -0.509. The largest absolute Gasteiger partial charge is 0.467 e. The van der Waals surface area contributed by atoms with Crippen LogP contribution in [0.25, 0.3) is 32.8 Å². The van der Waals surface area contributed by atoms with Crippen molar-refractivity contribution >= 4 is 33.6 Å². The number of halogens is 5. The van der Waals surface area contributed by atoms with E-state index in [1.54, 1.807) is 12.1 Å². The molecule has 0 saturated heterocycles. The molecule has 45 heavy (non-hydrogen) atoms. The molecule has 7 nitrogen and oxygen atoms in total. The number of amides is 1. The minimum absolute atomic E-state index is 0.0251. The lowest BCUT2D eigenvalue weighted by Crippen LogP contribution is -2.43. The van der Waals surface area contributed by atoms with Gasteiger partial charge in [-0.3, -0.25) is 9.59 Å². The number of nitrogens with zero attached hydrogens (tertiary/aromatic N) is 1. The third kappa shape index (κ3) is 5.76. The minimum Gasteiger partial charge on any atom is -0.467 e. The van der Waals surface area contributed by atoms with E-state index >= 15 is 0 Å². The van der Waals surface area contributed by atoms with E-state index < -0.39 is 64.6 Å². The zero-order valence-corrected chi connectivity index (χ0v) is 23.8. The van der Waals surface area contributed by atoms with Crippen LogP contribution in [0.4, 0.5) is 22.0 Å². The van der Waals surface area contributed by atoms with Crippen LogP contribution in [0.3, 0.4) is 0 Å². The third-order valence-electron chi connectivity index (χ3n) is 7.61. The van der Waals surface area contributed by atoms with Crippen LogP contribution >= 0.6 is 0 Å². The average Bonchev–Trinajstić information content (AvgIpc) is 3.00. The minimum atomic E-state index is -4.96. The predicted octanol–water partition coefficient (Wildman–Crippen LogP) is 5.66. The van der Waals surface area contributed by atoms with Gasteiger partial charge in [0.15, 0.2) is 0 Å². The number of methoxy groups -OCH3 is 1. The highest BCUT2D eigenvalue weighted by atomic mass is 19.4. The summed E-state index contributed by atoms with van der Waals surface area (Å²) in [6, 6.07) is 14.4. The molecular formula is C33H25F5N2O5. The van der Waals surface area contributed by atoms with Gasteiger partial charge in [0.2, 0.25) is 0 Å². The summed E-state index contributed by atoms with van der Waals surface area (Å²) in [6.07, 6.45) is -5.23. The van der Waals surface area contributed by atoms with Gasteiger partial charge in [0.05, 0.1) is 30.4 Å². The Labute approximate surface area is 252 Å². The van der Waals surface area contributed by atoms with Crippen LogP contribution in [0.5, 0.6) is 0 Å². The van der Waals surface area contributed by atoms with Crippen LogP contribution in [0.15, 0.2) is 77.6 Å². The molecule has 12 heteroatoms. The molecule has 1 amide bonds. The van der Waals surface area contributed by atoms with Crippen molar-refractivity contribution in [2.45, 2.75) is 25.2 Å². The Morgan fingerprint density at radius 1 is 0.933 bits per heavy atom. The zero-order chi connectivity index (χ0) is 32.6. The van der Waals surface area contributed by atoms with Gasteiger partial charge in [-0.1, -0.05) is 48.5 Å². The maximum atomic E-state index is 14.8. The Kier molecular flexibility index (Phi) is 8.44. The van der Waals surface area contributed by atoms with Crippen molar-refractivity contribution < 1.29 is 41.4 Å². The smallest absolute Gasteiger partial charge is 0.417 e. The van der Waals surface area contributed by atoms with E-state index in [9.17, 15) is 41.4 Å². The van der Waals surface area contributed by atoms with Crippen molar-refractivity contribution in [1.82, 2.24) is 9.88 Å². The molecule has 0 unspecified atom stereocenters. The topological polar surface area (TPSA) is 97.6 Å². The molecule has 0 aliphatic rings. The number of aromatic nitrogens is 1. The summed E-state index contributed by atoms with van der Waals surface area (Å²) in [7, 11) is 2.41. The molecule has 0 aliphatic carbocycles. The number of hydrogen-bond donors (Lipinski definition) is 2. The Morgan fingerprint density at radius 2 is 1.58 bits per heavy atom. The first-order chi connectivity index (χ1) is 21.4. The van der Waals surface area contributed by atoms with Gasteiger partial charge in [0.1, 0.15) is 23.2 Å². The molecule has 232 valence electrons. The average molecular weight is 625 g/mol. The van der Waals surface area contributed by atoms with Crippen molar-refractivity contribution in [3.8, 4) is 11.1 Å². The lowest BCUT2D eigenvalue weighted by atomic mass is 9.90. The van der Waals surface area contributed by atoms with Crippen molar-refractivity contribution in [3.63, 3.8) is 0 Å². The van der Waals surface area contributed by atoms with Gasteiger partial charge in [-0.15, -0.1) is 0 Å². The van der Waals surface area contributed by atoms with Crippen LogP contribution in [-0.4, -0.2) is 34.7 Å². The molecule has 1 atom stereocenters. The predicted molar refractivity (Wildman–Crippen MR) is 156 cm³/mol. The molecule has 0 fully saturated rings. The summed E-state index contributed by atoms with van der Waals surface area (Å²) in [5.74, 6) is -4.43. The zero-order valence-electron chi connectivity index (χ0n) is 23.8. The summed E-state index contributed by atoms with van der Waals surface area (Å²) in [5.41, 5.74) is -3.00. The van der Waals surface area contributed by atoms with E-state index in [-0.39, 0.29) is 33.8 Å². The van der Waals surface area contributed by atoms with Gasteiger partial charge >= 0.3 is 12.1 Å². The molecule has 0 spiro atoms. The highest BCUT2D eigenvalue weighted by Gasteiger charge is 2.38. The molecule has 4 aromatic carbocycles. The van der Waals surface area contributed by atoms with E-state index in [0.717, 1.165) is 29.9 Å². The third-order valence-corrected chi connectivity index (χ3v) is 7.61. The maximum absolute atomic E-state index is 14.8. The Bertz CT molecular complexity index is 2020. The number of benzene rings is 4. The summed E-state index contributed by atoms with van der Waals surface area (Å²) in [5, 5.41) is 12.2. The number of pyridine rings is 1. The quantitative estimate of drug-likeness (QED) is 0.180. The second kappa shape index (κ2) is 12.1. The lowest BCUT2D eigenvalue weighted by molar-refractivity contribution is -0.142. The van der Waals surface area contributed by atoms with Crippen molar-refractivity contribution in [2.24, 2.45) is 7.05 Å². The number of carbonyl (C=O) groups excluding carboxylic acids is 2. The number of esters is 1. The number of hydrogen-bond acceptors (Lipinski definition) is 5. The molecular weight excluding hydrogens is 599 g/mol. The van der Waals surface area contributed by atoms with Gasteiger partial charge in [0.25, 0.3) is 11.5 Å². The van der Waals surface area contributed by atoms with Gasteiger partial charge in [0, 0.05) is 18.9 Å². The number of rotatable bonds is 7. The normalized spacial score (nSPS) is 12.4. The summed E-state index contributed by atoms with van der Waals surface area (Å²) < 4.78 is 78.7. The number of aliphatic hydroxyl groups is 1. The highest BCUT2D eigenvalue weighted by molar-refractivity contribution is 6.02. The van der Waals surface area contributed by atoms with Gasteiger partial charge in [-0.25, -0.2) is 13.6 Å². The Balaban J connectivity index is 1.68. The lowest BCUT2D eigenvalue weighted by Gasteiger charge is -2.21. The van der Waals surface area contributed by atoms with E-state index in [4.69, 9.17) is 4.74 Å². The van der Waals surface area contributed by atoms with E-state index in [1.165, 1.54) is 49.5 Å². The standard InChI is InChI=1S/C33H25F5N2O5/c1-40-26-13-12-17(16-41)14-22(26)29(33(36,37)38)27(31(40)43)21-9-4-7-19-18(6-3-8-20(19)21)15-25(32(44)45-2)39-30(42)28-23(34)10-5-11-24(28)35/h3-14,25,41H,15-16H2,1-2H3,(H,39,42)/t25-/m0/s1. The fourth-order valence-corrected chi connectivity index (χ4v) is 5.51. The number of carbonyl (C=O) groups is 2. The fraction of sp³-hybridized carbons (Fsp3) is 0.182. The van der Waals surface area contributed by atoms with Gasteiger partial charge < -0.3 is 19.7 Å². The molecule has 0 saturated carbocycles. The first kappa shape index (κ1) is 31.3. The molecule has 0 radical (unpaired) electrons. The SMILES string of the molecule is COC(=O)[C@H](Cc1cccc2c(-c3c(C(F)(F)F)c4cc(CO)ccc4n(C)c3=O)cccc12)NC(=O)c1c(F)cccc1F. The molecule has 1 aromatic heterocycles. The molecule has 0 bridgehead atoms.